The second kappa shape index (κ2) is 5.51. The molecule has 0 saturated heterocycles. The number of rotatable bonds is 1. The van der Waals surface area contributed by atoms with Crippen molar-refractivity contribution in [3.05, 3.63) is 79.3 Å². The molecule has 2 heterocycles. The van der Waals surface area contributed by atoms with E-state index in [-0.39, 0.29) is 27.9 Å². The number of nitriles is 1. The maximum Gasteiger partial charge on any atom is 0.281 e. The molecule has 1 aromatic heterocycles. The number of fused-ring (bicyclic) bond motifs is 2. The standard InChI is InChI=1S/C18H12ClN5O2/c19-12-6-2-1-4-9(12)15-11(8-20)16(22)24-18(26)14-10(17(25)23(15)24)5-3-7-13(14)21/h1-7,15H,21-22H2. The Bertz CT molecular complexity index is 1280. The number of hydrogen-bond donors (Lipinski definition) is 2. The first-order valence-corrected chi connectivity index (χ1v) is 8.05. The normalized spacial score (nSPS) is 15.9. The van der Waals surface area contributed by atoms with Gasteiger partial charge < -0.3 is 11.5 Å². The van der Waals surface area contributed by atoms with Crippen molar-refractivity contribution in [1.29, 1.82) is 5.26 Å². The quantitative estimate of drug-likeness (QED) is 0.635. The summed E-state index contributed by atoms with van der Waals surface area (Å²) in [4.78, 5) is 26.1. The van der Waals surface area contributed by atoms with Crippen molar-refractivity contribution in [1.82, 2.24) is 9.36 Å². The Morgan fingerprint density at radius 3 is 2.46 bits per heavy atom. The van der Waals surface area contributed by atoms with Crippen molar-refractivity contribution in [2.24, 2.45) is 5.73 Å². The molecule has 1 atom stereocenters. The third-order valence-electron chi connectivity index (χ3n) is 4.50. The summed E-state index contributed by atoms with van der Waals surface area (Å²) in [5, 5.41) is 10.2. The fourth-order valence-electron chi connectivity index (χ4n) is 3.34. The summed E-state index contributed by atoms with van der Waals surface area (Å²) in [7, 11) is 0. The summed E-state index contributed by atoms with van der Waals surface area (Å²) in [6, 6.07) is 12.6. The number of hydrogen-bond acceptors (Lipinski definition) is 5. The molecule has 0 fully saturated rings. The first-order valence-electron chi connectivity index (χ1n) is 7.68. The van der Waals surface area contributed by atoms with E-state index >= 15 is 0 Å². The van der Waals surface area contributed by atoms with E-state index in [1.54, 1.807) is 30.3 Å². The predicted molar refractivity (Wildman–Crippen MR) is 99.5 cm³/mol. The van der Waals surface area contributed by atoms with Gasteiger partial charge in [-0.15, -0.1) is 0 Å². The summed E-state index contributed by atoms with van der Waals surface area (Å²) in [5.74, 6) is -0.107. The van der Waals surface area contributed by atoms with Crippen LogP contribution in [-0.2, 0) is 0 Å². The molecule has 128 valence electrons. The minimum Gasteiger partial charge on any atom is -0.398 e. The Morgan fingerprint density at radius 2 is 1.77 bits per heavy atom. The van der Waals surface area contributed by atoms with Gasteiger partial charge in [-0.05, 0) is 18.2 Å². The van der Waals surface area contributed by atoms with Gasteiger partial charge >= 0.3 is 0 Å². The monoisotopic (exact) mass is 365 g/mol. The highest BCUT2D eigenvalue weighted by Crippen LogP contribution is 2.36. The van der Waals surface area contributed by atoms with Crippen molar-refractivity contribution < 1.29 is 0 Å². The van der Waals surface area contributed by atoms with Gasteiger partial charge in [0.15, 0.2) is 0 Å². The van der Waals surface area contributed by atoms with E-state index in [2.05, 4.69) is 0 Å². The van der Waals surface area contributed by atoms with Crippen molar-refractivity contribution in [2.75, 3.05) is 5.73 Å². The topological polar surface area (TPSA) is 120 Å². The Hall–Kier alpha value is -3.50. The Morgan fingerprint density at radius 1 is 1.04 bits per heavy atom. The Kier molecular flexibility index (Phi) is 3.39. The first kappa shape index (κ1) is 16.0. The van der Waals surface area contributed by atoms with Crippen molar-refractivity contribution in [3.63, 3.8) is 0 Å². The average Bonchev–Trinajstić information content (AvgIpc) is 2.92. The van der Waals surface area contributed by atoms with Crippen LogP contribution in [0.4, 0.5) is 5.69 Å². The van der Waals surface area contributed by atoms with E-state index in [1.165, 1.54) is 16.8 Å². The van der Waals surface area contributed by atoms with Crippen LogP contribution in [0.2, 0.25) is 5.02 Å². The van der Waals surface area contributed by atoms with E-state index in [4.69, 9.17) is 23.1 Å². The van der Waals surface area contributed by atoms with Crippen LogP contribution in [0, 0.1) is 11.3 Å². The van der Waals surface area contributed by atoms with E-state index in [0.717, 1.165) is 4.68 Å². The van der Waals surface area contributed by atoms with Gasteiger partial charge in [0, 0.05) is 16.3 Å². The zero-order valence-electron chi connectivity index (χ0n) is 13.3. The van der Waals surface area contributed by atoms with E-state index in [9.17, 15) is 14.9 Å². The second-order valence-electron chi connectivity index (χ2n) is 5.87. The summed E-state index contributed by atoms with van der Waals surface area (Å²) in [6.07, 6.45) is 0. The Balaban J connectivity index is 2.22. The zero-order chi connectivity index (χ0) is 18.6. The molecule has 0 radical (unpaired) electrons. The third-order valence-corrected chi connectivity index (χ3v) is 4.84. The van der Waals surface area contributed by atoms with Crippen LogP contribution in [0.15, 0.2) is 57.6 Å². The lowest BCUT2D eigenvalue weighted by molar-refractivity contribution is 0.539. The number of anilines is 1. The van der Waals surface area contributed by atoms with Crippen LogP contribution in [0.3, 0.4) is 0 Å². The maximum atomic E-state index is 13.1. The largest absolute Gasteiger partial charge is 0.398 e. The number of nitrogens with zero attached hydrogens (tertiary/aromatic N) is 3. The number of aromatic nitrogens is 2. The molecule has 0 saturated carbocycles. The van der Waals surface area contributed by atoms with E-state index in [1.807, 2.05) is 6.07 Å². The van der Waals surface area contributed by atoms with Crippen LogP contribution >= 0.6 is 11.6 Å². The van der Waals surface area contributed by atoms with Gasteiger partial charge in [-0.25, -0.2) is 4.68 Å². The van der Waals surface area contributed by atoms with E-state index < -0.39 is 17.2 Å². The van der Waals surface area contributed by atoms with Gasteiger partial charge in [-0.1, -0.05) is 35.9 Å². The lowest BCUT2D eigenvalue weighted by Crippen LogP contribution is -2.38. The fraction of sp³-hybridized carbons (Fsp3) is 0.0556. The fourth-order valence-corrected chi connectivity index (χ4v) is 3.58. The third kappa shape index (κ3) is 1.93. The molecule has 0 bridgehead atoms. The van der Waals surface area contributed by atoms with Gasteiger partial charge in [0.25, 0.3) is 11.1 Å². The highest BCUT2D eigenvalue weighted by molar-refractivity contribution is 6.31. The zero-order valence-corrected chi connectivity index (χ0v) is 14.1. The van der Waals surface area contributed by atoms with Crippen LogP contribution in [0.1, 0.15) is 11.6 Å². The van der Waals surface area contributed by atoms with Gasteiger partial charge in [0.1, 0.15) is 23.5 Å². The van der Waals surface area contributed by atoms with Crippen LogP contribution < -0.4 is 22.6 Å². The molecule has 26 heavy (non-hydrogen) atoms. The first-order chi connectivity index (χ1) is 12.5. The average molecular weight is 366 g/mol. The molecule has 7 nitrogen and oxygen atoms in total. The number of nitrogens with two attached hydrogens (primary N) is 2. The van der Waals surface area contributed by atoms with Crippen LogP contribution in [0.5, 0.6) is 0 Å². The smallest absolute Gasteiger partial charge is 0.281 e. The van der Waals surface area contributed by atoms with Gasteiger partial charge in [-0.3, -0.25) is 9.59 Å². The van der Waals surface area contributed by atoms with E-state index in [0.29, 0.717) is 10.6 Å². The molecule has 1 aliphatic rings. The SMILES string of the molecule is N#CC1=C(N)n2c(=O)c3c(N)cccc3c(=O)n2C1c1ccccc1Cl. The molecule has 4 rings (SSSR count). The lowest BCUT2D eigenvalue weighted by atomic mass is 10.0. The molecule has 0 spiro atoms. The minimum absolute atomic E-state index is 0.0752. The Labute approximate surface area is 151 Å². The van der Waals surface area contributed by atoms with Crippen molar-refractivity contribution in [2.45, 2.75) is 6.04 Å². The minimum atomic E-state index is -0.889. The number of halogens is 1. The van der Waals surface area contributed by atoms with Crippen LogP contribution in [0.25, 0.3) is 16.6 Å². The highest BCUT2D eigenvalue weighted by Gasteiger charge is 2.35. The number of benzene rings is 2. The molecule has 1 unspecified atom stereocenters. The highest BCUT2D eigenvalue weighted by atomic mass is 35.5. The number of allylic oxidation sites excluding steroid dienone is 1. The summed E-state index contributed by atoms with van der Waals surface area (Å²) in [5.41, 5.74) is 11.7. The molecule has 8 heteroatoms. The molecule has 0 aliphatic carbocycles. The molecule has 1 aliphatic heterocycles. The summed E-state index contributed by atoms with van der Waals surface area (Å²) < 4.78 is 2.17. The second-order valence-corrected chi connectivity index (χ2v) is 6.28. The summed E-state index contributed by atoms with van der Waals surface area (Å²) >= 11 is 6.28. The lowest BCUT2D eigenvalue weighted by Gasteiger charge is -2.18. The molecular weight excluding hydrogens is 354 g/mol. The molecule has 2 aromatic carbocycles. The predicted octanol–water partition coefficient (Wildman–Crippen LogP) is 1.65. The number of nitrogen functional groups attached to an aromatic ring is 1. The maximum absolute atomic E-state index is 13.1. The van der Waals surface area contributed by atoms with Gasteiger partial charge in [0.2, 0.25) is 0 Å². The van der Waals surface area contributed by atoms with Crippen molar-refractivity contribution in [3.8, 4) is 6.07 Å². The van der Waals surface area contributed by atoms with Crippen LogP contribution in [-0.4, -0.2) is 9.36 Å². The van der Waals surface area contributed by atoms with Crippen molar-refractivity contribution >= 4 is 33.9 Å². The molecule has 3 aromatic rings. The van der Waals surface area contributed by atoms with Gasteiger partial charge in [0.05, 0.1) is 10.8 Å². The molecular formula is C18H12ClN5O2. The molecule has 0 amide bonds. The summed E-state index contributed by atoms with van der Waals surface area (Å²) in [6.45, 7) is 0. The van der Waals surface area contributed by atoms with Gasteiger partial charge in [-0.2, -0.15) is 9.94 Å². The molecule has 4 N–H and O–H groups in total.